The lowest BCUT2D eigenvalue weighted by Crippen LogP contribution is -2.55. The average Bonchev–Trinajstić information content (AvgIpc) is 3.52. The number of halogens is 2. The van der Waals surface area contributed by atoms with Crippen LogP contribution in [-0.4, -0.2) is 104 Å². The summed E-state index contributed by atoms with van der Waals surface area (Å²) in [5, 5.41) is 3.91. The van der Waals surface area contributed by atoms with Crippen LogP contribution in [0.2, 0.25) is 10.3 Å². The molecule has 0 aromatic carbocycles. The number of hydrogen-bond donors (Lipinski definition) is 2. The van der Waals surface area contributed by atoms with Gasteiger partial charge in [-0.05, 0) is 81.1 Å². The normalized spacial score (nSPS) is 26.5. The number of carbonyl (C=O) groups excluding carboxylic acids is 1. The van der Waals surface area contributed by atoms with Gasteiger partial charge in [-0.2, -0.15) is 0 Å². The Labute approximate surface area is 314 Å². The number of piperidine rings is 2. The number of alkyl carbamates (subject to hydrolysis) is 1. The van der Waals surface area contributed by atoms with Crippen molar-refractivity contribution in [2.45, 2.75) is 116 Å². The van der Waals surface area contributed by atoms with Crippen molar-refractivity contribution in [2.75, 3.05) is 49.2 Å². The van der Waals surface area contributed by atoms with Gasteiger partial charge in [0.2, 0.25) is 0 Å². The number of aromatic nitrogens is 4. The topological polar surface area (TPSA) is 144 Å². The third kappa shape index (κ3) is 9.42. The zero-order valence-corrected chi connectivity index (χ0v) is 33.4. The maximum absolute atomic E-state index is 12.6. The SMILES string of the molecule is C[C@@H]1OCC2(CCN(c3nccnc3Cl)CC2)[C@@H]1NC(=O)OC(C)(C)C.C[C@@H]1OCC2(CCN(c3nccnc3Cl)CC2)[C@@H]1N[S@@](=O)C(C)(C)C. The molecule has 4 fully saturated rings. The Morgan fingerprint density at radius 2 is 1.20 bits per heavy atom. The second-order valence-electron chi connectivity index (χ2n) is 16.2. The van der Waals surface area contributed by atoms with Crippen LogP contribution >= 0.6 is 23.2 Å². The zero-order valence-electron chi connectivity index (χ0n) is 31.1. The summed E-state index contributed by atoms with van der Waals surface area (Å²) in [6.45, 7) is 20.2. The van der Waals surface area contributed by atoms with E-state index in [1.54, 1.807) is 24.8 Å². The standard InChI is InChI=1S/C18H27ClN4O3.C17H27ClN4O2S/c1-12-13(22-16(24)26-17(2,3)4)18(11-25-12)5-9-23(10-6-18)15-14(19)20-7-8-21-15;1-12-13(21-25(23)16(2,3)4)17(11-24-12)5-9-22(10-6-17)15-14(18)19-7-8-20-15/h7-8,12-13H,5-6,9-11H2,1-4H3,(H,22,24);7-8,12-13,21H,5-6,9-11H2,1-4H3/t12-,13+;12-,13+,25-/m00/s1. The zero-order chi connectivity index (χ0) is 37.2. The third-order valence-electron chi connectivity index (χ3n) is 10.4. The number of nitrogens with zero attached hydrogens (tertiary/aromatic N) is 6. The van der Waals surface area contributed by atoms with Gasteiger partial charge in [-0.15, -0.1) is 0 Å². The molecule has 2 spiro atoms. The lowest BCUT2D eigenvalue weighted by Gasteiger charge is -2.43. The monoisotopic (exact) mass is 768 g/mol. The lowest BCUT2D eigenvalue weighted by atomic mass is 9.73. The Hall–Kier alpha value is -2.36. The first-order valence-electron chi connectivity index (χ1n) is 17.8. The number of hydrogen-bond acceptors (Lipinski definition) is 11. The van der Waals surface area contributed by atoms with Gasteiger partial charge in [0.05, 0.1) is 53.2 Å². The maximum atomic E-state index is 12.6. The molecule has 16 heteroatoms. The summed E-state index contributed by atoms with van der Waals surface area (Å²) < 4.78 is 33.0. The highest BCUT2D eigenvalue weighted by Gasteiger charge is 2.52. The molecule has 2 aromatic rings. The second kappa shape index (κ2) is 15.9. The smallest absolute Gasteiger partial charge is 0.407 e. The molecule has 284 valence electrons. The fourth-order valence-electron chi connectivity index (χ4n) is 7.47. The van der Waals surface area contributed by atoms with Crippen LogP contribution in [0.3, 0.4) is 0 Å². The first kappa shape index (κ1) is 39.8. The molecule has 0 bridgehead atoms. The highest BCUT2D eigenvalue weighted by Crippen LogP contribution is 2.45. The van der Waals surface area contributed by atoms with Crippen molar-refractivity contribution in [2.24, 2.45) is 10.8 Å². The summed E-state index contributed by atoms with van der Waals surface area (Å²) in [5.74, 6) is 1.46. The van der Waals surface area contributed by atoms with Crippen LogP contribution in [0, 0.1) is 10.8 Å². The summed E-state index contributed by atoms with van der Waals surface area (Å²) in [6, 6.07) is 0.0175. The number of ether oxygens (including phenoxy) is 3. The Kier molecular flexibility index (Phi) is 12.4. The van der Waals surface area contributed by atoms with E-state index in [1.807, 2.05) is 48.5 Å². The largest absolute Gasteiger partial charge is 0.444 e. The molecule has 5 atom stereocenters. The molecule has 2 aromatic heterocycles. The van der Waals surface area contributed by atoms with E-state index < -0.39 is 22.7 Å². The molecule has 51 heavy (non-hydrogen) atoms. The molecule has 6 rings (SSSR count). The van der Waals surface area contributed by atoms with Crippen molar-refractivity contribution in [3.05, 3.63) is 35.1 Å². The van der Waals surface area contributed by atoms with E-state index in [4.69, 9.17) is 37.4 Å². The van der Waals surface area contributed by atoms with E-state index in [-0.39, 0.29) is 39.9 Å². The molecule has 0 saturated carbocycles. The maximum Gasteiger partial charge on any atom is 0.407 e. The van der Waals surface area contributed by atoms with Gasteiger partial charge in [0, 0.05) is 61.8 Å². The summed E-state index contributed by atoms with van der Waals surface area (Å²) in [6.07, 6.45) is 9.78. The van der Waals surface area contributed by atoms with Crippen molar-refractivity contribution in [3.8, 4) is 0 Å². The number of carbonyl (C=O) groups is 1. The van der Waals surface area contributed by atoms with Crippen LogP contribution in [-0.2, 0) is 25.2 Å². The highest BCUT2D eigenvalue weighted by atomic mass is 35.5. The van der Waals surface area contributed by atoms with Crippen molar-refractivity contribution in [1.82, 2.24) is 30.0 Å². The number of rotatable bonds is 5. The number of nitrogens with one attached hydrogen (secondary N) is 2. The molecule has 4 aliphatic rings. The van der Waals surface area contributed by atoms with Gasteiger partial charge in [-0.3, -0.25) is 0 Å². The Morgan fingerprint density at radius 1 is 0.784 bits per heavy atom. The van der Waals surface area contributed by atoms with Gasteiger partial charge in [0.1, 0.15) is 5.60 Å². The summed E-state index contributed by atoms with van der Waals surface area (Å²) >= 11 is 12.4. The van der Waals surface area contributed by atoms with Crippen molar-refractivity contribution >= 4 is 51.9 Å². The molecule has 4 saturated heterocycles. The summed E-state index contributed by atoms with van der Waals surface area (Å²) in [4.78, 5) is 33.6. The van der Waals surface area contributed by atoms with Gasteiger partial charge < -0.3 is 29.3 Å². The van der Waals surface area contributed by atoms with Gasteiger partial charge >= 0.3 is 6.09 Å². The number of anilines is 2. The van der Waals surface area contributed by atoms with E-state index in [0.717, 1.165) is 57.7 Å². The minimum atomic E-state index is -1.11. The van der Waals surface area contributed by atoms with Crippen molar-refractivity contribution in [1.29, 1.82) is 0 Å². The Balaban J connectivity index is 0.000000198. The predicted octanol–water partition coefficient (Wildman–Crippen LogP) is 5.58. The van der Waals surface area contributed by atoms with Crippen LogP contribution < -0.4 is 19.8 Å². The first-order valence-corrected chi connectivity index (χ1v) is 19.7. The van der Waals surface area contributed by atoms with Crippen molar-refractivity contribution < 1.29 is 23.2 Å². The van der Waals surface area contributed by atoms with E-state index >= 15 is 0 Å². The van der Waals surface area contributed by atoms with Crippen LogP contribution in [0.15, 0.2) is 24.8 Å². The fraction of sp³-hybridized carbons (Fsp3) is 0.743. The van der Waals surface area contributed by atoms with Gasteiger partial charge in [-0.1, -0.05) is 23.2 Å². The van der Waals surface area contributed by atoms with Gasteiger partial charge in [-0.25, -0.2) is 33.7 Å². The molecule has 1 amide bonds. The van der Waals surface area contributed by atoms with Crippen LogP contribution in [0.25, 0.3) is 0 Å². The molecule has 4 aliphatic heterocycles. The predicted molar refractivity (Wildman–Crippen MR) is 201 cm³/mol. The third-order valence-corrected chi connectivity index (χ3v) is 12.5. The second-order valence-corrected chi connectivity index (χ2v) is 18.9. The molecular weight excluding hydrogens is 715 g/mol. The Morgan fingerprint density at radius 3 is 1.61 bits per heavy atom. The summed E-state index contributed by atoms with van der Waals surface area (Å²) in [5.41, 5.74) is -0.612. The molecule has 2 N–H and O–H groups in total. The van der Waals surface area contributed by atoms with Crippen LogP contribution in [0.5, 0.6) is 0 Å². The molecule has 0 unspecified atom stereocenters. The van der Waals surface area contributed by atoms with Crippen LogP contribution in [0.1, 0.15) is 81.1 Å². The van der Waals surface area contributed by atoms with E-state index in [1.165, 1.54) is 0 Å². The van der Waals surface area contributed by atoms with E-state index in [9.17, 15) is 9.00 Å². The highest BCUT2D eigenvalue weighted by molar-refractivity contribution is 7.84. The molecule has 0 radical (unpaired) electrons. The number of amides is 1. The molecular formula is C35H54Cl2N8O5S. The minimum Gasteiger partial charge on any atom is -0.444 e. The molecule has 0 aliphatic carbocycles. The van der Waals surface area contributed by atoms with E-state index in [2.05, 4.69) is 46.7 Å². The molecule has 13 nitrogen and oxygen atoms in total. The quantitative estimate of drug-likeness (QED) is 0.393. The van der Waals surface area contributed by atoms with Crippen molar-refractivity contribution in [3.63, 3.8) is 0 Å². The van der Waals surface area contributed by atoms with Gasteiger partial charge in [0.15, 0.2) is 21.9 Å². The van der Waals surface area contributed by atoms with E-state index in [0.29, 0.717) is 29.3 Å². The van der Waals surface area contributed by atoms with Crippen LogP contribution in [0.4, 0.5) is 16.4 Å². The Bertz CT molecular complexity index is 1530. The fourth-order valence-corrected chi connectivity index (χ4v) is 8.95. The summed E-state index contributed by atoms with van der Waals surface area (Å²) in [7, 11) is -1.11. The molecule has 6 heterocycles. The minimum absolute atomic E-state index is 0.00547. The lowest BCUT2D eigenvalue weighted by molar-refractivity contribution is 0.0434. The average molecular weight is 770 g/mol. The first-order chi connectivity index (χ1) is 23.9. The van der Waals surface area contributed by atoms with Gasteiger partial charge in [0.25, 0.3) is 0 Å².